The summed E-state index contributed by atoms with van der Waals surface area (Å²) in [4.78, 5) is 13.5. The molecule has 0 bridgehead atoms. The molecule has 0 aliphatic carbocycles. The molecule has 1 aromatic carbocycles. The van der Waals surface area contributed by atoms with Crippen LogP contribution in [-0.4, -0.2) is 9.91 Å². The Labute approximate surface area is 92.8 Å². The average molecular weight is 242 g/mol. The maximum Gasteiger partial charge on any atom is 0.416 e. The van der Waals surface area contributed by atoms with Crippen molar-refractivity contribution in [3.63, 3.8) is 0 Å². The van der Waals surface area contributed by atoms with Crippen LogP contribution in [0.4, 0.5) is 18.9 Å². The van der Waals surface area contributed by atoms with Gasteiger partial charge in [-0.15, -0.1) is 0 Å². The van der Waals surface area contributed by atoms with E-state index in [4.69, 9.17) is 0 Å². The van der Waals surface area contributed by atoms with Crippen molar-refractivity contribution in [3.8, 4) is 0 Å². The molecule has 7 heteroatoms. The molecular formula is C10H5F3N2O2. The van der Waals surface area contributed by atoms with Gasteiger partial charge >= 0.3 is 6.18 Å². The molecule has 0 spiro atoms. The van der Waals surface area contributed by atoms with Crippen LogP contribution in [0.5, 0.6) is 0 Å². The van der Waals surface area contributed by atoms with Gasteiger partial charge in [-0.1, -0.05) is 6.07 Å². The number of benzene rings is 1. The van der Waals surface area contributed by atoms with E-state index < -0.39 is 22.4 Å². The molecule has 0 saturated heterocycles. The van der Waals surface area contributed by atoms with Gasteiger partial charge in [0, 0.05) is 17.6 Å². The minimum atomic E-state index is -4.62. The summed E-state index contributed by atoms with van der Waals surface area (Å²) in [6, 6.07) is 4.11. The Kier molecular flexibility index (Phi) is 2.45. The molecule has 88 valence electrons. The standard InChI is InChI=1S/C10H5F3N2O2/c11-10(12,13)7-4-6-2-1-3-14-9(6)8(5-7)15(16)17/h1-5H. The number of nitro benzene ring substituents is 1. The molecule has 0 unspecified atom stereocenters. The maximum absolute atomic E-state index is 12.5. The molecule has 0 aliphatic heterocycles. The van der Waals surface area contributed by atoms with Gasteiger partial charge in [-0.25, -0.2) is 4.98 Å². The van der Waals surface area contributed by atoms with Crippen LogP contribution in [0.25, 0.3) is 10.9 Å². The fourth-order valence-electron chi connectivity index (χ4n) is 1.48. The zero-order valence-electron chi connectivity index (χ0n) is 8.23. The van der Waals surface area contributed by atoms with E-state index in [-0.39, 0.29) is 10.9 Å². The molecule has 0 saturated carbocycles. The van der Waals surface area contributed by atoms with E-state index in [0.717, 1.165) is 6.07 Å². The topological polar surface area (TPSA) is 56.0 Å². The first-order valence-electron chi connectivity index (χ1n) is 4.50. The van der Waals surface area contributed by atoms with Gasteiger partial charge in [0.1, 0.15) is 5.52 Å². The molecular weight excluding hydrogens is 237 g/mol. The molecule has 1 aromatic heterocycles. The van der Waals surface area contributed by atoms with E-state index in [0.29, 0.717) is 6.07 Å². The van der Waals surface area contributed by atoms with Crippen LogP contribution in [0.3, 0.4) is 0 Å². The third kappa shape index (κ3) is 2.03. The van der Waals surface area contributed by atoms with Crippen molar-refractivity contribution >= 4 is 16.6 Å². The van der Waals surface area contributed by atoms with E-state index in [1.165, 1.54) is 18.3 Å². The first-order valence-corrected chi connectivity index (χ1v) is 4.50. The minimum Gasteiger partial charge on any atom is -0.258 e. The lowest BCUT2D eigenvalue weighted by Gasteiger charge is -2.07. The van der Waals surface area contributed by atoms with Gasteiger partial charge in [0.2, 0.25) is 0 Å². The Hall–Kier alpha value is -2.18. The molecule has 0 amide bonds. The Balaban J connectivity index is 2.81. The monoisotopic (exact) mass is 242 g/mol. The highest BCUT2D eigenvalue weighted by atomic mass is 19.4. The van der Waals surface area contributed by atoms with Gasteiger partial charge in [-0.2, -0.15) is 13.2 Å². The first kappa shape index (κ1) is 11.3. The van der Waals surface area contributed by atoms with Gasteiger partial charge in [0.15, 0.2) is 0 Å². The second-order valence-electron chi connectivity index (χ2n) is 3.33. The van der Waals surface area contributed by atoms with Gasteiger partial charge in [0.25, 0.3) is 5.69 Å². The molecule has 2 rings (SSSR count). The number of hydrogen-bond donors (Lipinski definition) is 0. The number of rotatable bonds is 1. The zero-order valence-corrected chi connectivity index (χ0v) is 8.23. The highest BCUT2D eigenvalue weighted by Gasteiger charge is 2.33. The van der Waals surface area contributed by atoms with Crippen LogP contribution < -0.4 is 0 Å². The van der Waals surface area contributed by atoms with Crippen molar-refractivity contribution in [1.29, 1.82) is 0 Å². The lowest BCUT2D eigenvalue weighted by Crippen LogP contribution is -2.06. The normalized spacial score (nSPS) is 11.7. The molecule has 0 N–H and O–H groups in total. The van der Waals surface area contributed by atoms with Crippen LogP contribution in [0, 0.1) is 10.1 Å². The molecule has 0 radical (unpaired) electrons. The van der Waals surface area contributed by atoms with E-state index >= 15 is 0 Å². The highest BCUT2D eigenvalue weighted by molar-refractivity contribution is 5.87. The van der Waals surface area contributed by atoms with Crippen LogP contribution in [-0.2, 0) is 6.18 Å². The van der Waals surface area contributed by atoms with E-state index in [1.807, 2.05) is 0 Å². The van der Waals surface area contributed by atoms with Crippen molar-refractivity contribution in [1.82, 2.24) is 4.98 Å². The first-order chi connectivity index (χ1) is 7.89. The number of nitro groups is 1. The molecule has 4 nitrogen and oxygen atoms in total. The number of fused-ring (bicyclic) bond motifs is 1. The van der Waals surface area contributed by atoms with Crippen molar-refractivity contribution in [2.24, 2.45) is 0 Å². The van der Waals surface area contributed by atoms with Crippen LogP contribution in [0.1, 0.15) is 5.56 Å². The predicted octanol–water partition coefficient (Wildman–Crippen LogP) is 3.16. The van der Waals surface area contributed by atoms with Gasteiger partial charge in [0.05, 0.1) is 10.5 Å². The highest BCUT2D eigenvalue weighted by Crippen LogP contribution is 2.35. The summed E-state index contributed by atoms with van der Waals surface area (Å²) in [6.07, 6.45) is -3.32. The second-order valence-corrected chi connectivity index (χ2v) is 3.33. The Morgan fingerprint density at radius 3 is 2.59 bits per heavy atom. The summed E-state index contributed by atoms with van der Waals surface area (Å²) < 4.78 is 37.5. The maximum atomic E-state index is 12.5. The SMILES string of the molecule is O=[N+]([O-])c1cc(C(F)(F)F)cc2cccnc12. The minimum absolute atomic E-state index is 0.0505. The fraction of sp³-hybridized carbons (Fsp3) is 0.100. The van der Waals surface area contributed by atoms with Crippen molar-refractivity contribution in [2.75, 3.05) is 0 Å². The smallest absolute Gasteiger partial charge is 0.258 e. The number of nitrogens with zero attached hydrogens (tertiary/aromatic N) is 2. The van der Waals surface area contributed by atoms with Gasteiger partial charge in [-0.05, 0) is 12.1 Å². The molecule has 0 fully saturated rings. The number of halogens is 3. The quantitative estimate of drug-likeness (QED) is 0.570. The molecule has 0 aliphatic rings. The van der Waals surface area contributed by atoms with E-state index in [2.05, 4.69) is 4.98 Å². The molecule has 2 aromatic rings. The van der Waals surface area contributed by atoms with Crippen LogP contribution in [0.15, 0.2) is 30.5 Å². The summed E-state index contributed by atoms with van der Waals surface area (Å²) in [6.45, 7) is 0. The largest absolute Gasteiger partial charge is 0.416 e. The number of pyridine rings is 1. The lowest BCUT2D eigenvalue weighted by atomic mass is 10.1. The van der Waals surface area contributed by atoms with Crippen molar-refractivity contribution < 1.29 is 18.1 Å². The van der Waals surface area contributed by atoms with Gasteiger partial charge in [-0.3, -0.25) is 10.1 Å². The van der Waals surface area contributed by atoms with Crippen LogP contribution in [0.2, 0.25) is 0 Å². The summed E-state index contributed by atoms with van der Waals surface area (Å²) in [5.74, 6) is 0. The summed E-state index contributed by atoms with van der Waals surface area (Å²) in [5.41, 5.74) is -1.74. The molecule has 17 heavy (non-hydrogen) atoms. The third-order valence-corrected chi connectivity index (χ3v) is 2.21. The number of non-ortho nitro benzene ring substituents is 1. The summed E-state index contributed by atoms with van der Waals surface area (Å²) in [5, 5.41) is 10.8. The van der Waals surface area contributed by atoms with Crippen molar-refractivity contribution in [2.45, 2.75) is 6.18 Å². The third-order valence-electron chi connectivity index (χ3n) is 2.21. The number of alkyl halides is 3. The summed E-state index contributed by atoms with van der Waals surface area (Å²) >= 11 is 0. The van der Waals surface area contributed by atoms with Gasteiger partial charge < -0.3 is 0 Å². The molecule has 0 atom stereocenters. The lowest BCUT2D eigenvalue weighted by molar-refractivity contribution is -0.383. The predicted molar refractivity (Wildman–Crippen MR) is 53.4 cm³/mol. The number of hydrogen-bond acceptors (Lipinski definition) is 3. The van der Waals surface area contributed by atoms with Crippen molar-refractivity contribution in [3.05, 3.63) is 46.1 Å². The Morgan fingerprint density at radius 1 is 1.29 bits per heavy atom. The Morgan fingerprint density at radius 2 is 2.00 bits per heavy atom. The zero-order chi connectivity index (χ0) is 12.6. The molecule has 1 heterocycles. The van der Waals surface area contributed by atoms with E-state index in [1.54, 1.807) is 0 Å². The average Bonchev–Trinajstić information content (AvgIpc) is 2.26. The number of aromatic nitrogens is 1. The second kappa shape index (κ2) is 3.69. The van der Waals surface area contributed by atoms with E-state index in [9.17, 15) is 23.3 Å². The van der Waals surface area contributed by atoms with Crippen LogP contribution >= 0.6 is 0 Å². The Bertz CT molecular complexity index is 596. The summed E-state index contributed by atoms with van der Waals surface area (Å²) in [7, 11) is 0. The fourth-order valence-corrected chi connectivity index (χ4v) is 1.48.